The van der Waals surface area contributed by atoms with Crippen LogP contribution in [-0.4, -0.2) is 36.6 Å². The number of hydrogen-bond acceptors (Lipinski definition) is 3. The molecule has 0 spiro atoms. The number of thioether (sulfide) groups is 1. The number of carboxylic acid groups (broad SMARTS) is 1. The first-order valence-corrected chi connectivity index (χ1v) is 7.67. The molecule has 2 atom stereocenters. The van der Waals surface area contributed by atoms with Gasteiger partial charge in [0.1, 0.15) is 0 Å². The van der Waals surface area contributed by atoms with Crippen molar-refractivity contribution in [2.24, 2.45) is 11.3 Å². The van der Waals surface area contributed by atoms with Crippen molar-refractivity contribution in [1.82, 2.24) is 5.32 Å². The van der Waals surface area contributed by atoms with Gasteiger partial charge >= 0.3 is 12.1 Å². The van der Waals surface area contributed by atoms with Gasteiger partial charge in [0.2, 0.25) is 0 Å². The Labute approximate surface area is 124 Å². The van der Waals surface area contributed by atoms with Crippen molar-refractivity contribution in [3.05, 3.63) is 29.8 Å². The van der Waals surface area contributed by atoms with Gasteiger partial charge in [0.05, 0.1) is 0 Å². The highest BCUT2D eigenvalue weighted by Crippen LogP contribution is 2.47. The zero-order valence-corrected chi connectivity index (χ0v) is 12.2. The second-order valence-electron chi connectivity index (χ2n) is 5.15. The van der Waals surface area contributed by atoms with Crippen LogP contribution in [-0.2, 0) is 11.2 Å². The zero-order chi connectivity index (χ0) is 15.7. The highest BCUT2D eigenvalue weighted by atomic mass is 32.2. The Morgan fingerprint density at radius 2 is 2.05 bits per heavy atom. The van der Waals surface area contributed by atoms with Gasteiger partial charge < -0.3 is 10.4 Å². The minimum absolute atomic E-state index is 0.0517. The molecular formula is C14H16F3NO2S. The Bertz CT molecular complexity index is 518. The van der Waals surface area contributed by atoms with Gasteiger partial charge in [0, 0.05) is 17.4 Å². The maximum atomic E-state index is 13.3. The molecule has 2 rings (SSSR count). The summed E-state index contributed by atoms with van der Waals surface area (Å²) in [6, 6.07) is 7.18. The first kappa shape index (κ1) is 16.2. The molecular weight excluding hydrogens is 303 g/mol. The SMILES string of the molecule is CSc1ccc(C[C@@H]2CNC[C@]2(C(=O)O)C(F)(F)F)cc1. The van der Waals surface area contributed by atoms with Crippen molar-refractivity contribution in [2.75, 3.05) is 19.3 Å². The molecule has 0 amide bonds. The molecule has 116 valence electrons. The molecule has 1 heterocycles. The number of aliphatic carboxylic acids is 1. The Hall–Kier alpha value is -1.21. The number of hydrogen-bond donors (Lipinski definition) is 2. The molecule has 0 bridgehead atoms. The largest absolute Gasteiger partial charge is 0.481 e. The molecule has 1 saturated heterocycles. The van der Waals surface area contributed by atoms with Gasteiger partial charge in [0.15, 0.2) is 5.41 Å². The first-order chi connectivity index (χ1) is 9.81. The lowest BCUT2D eigenvalue weighted by molar-refractivity contribution is -0.236. The van der Waals surface area contributed by atoms with Crippen LogP contribution in [0.3, 0.4) is 0 Å². The van der Waals surface area contributed by atoms with E-state index in [-0.39, 0.29) is 13.0 Å². The van der Waals surface area contributed by atoms with Crippen LogP contribution < -0.4 is 5.32 Å². The summed E-state index contributed by atoms with van der Waals surface area (Å²) in [6.45, 7) is -0.518. The minimum Gasteiger partial charge on any atom is -0.481 e. The highest BCUT2D eigenvalue weighted by molar-refractivity contribution is 7.98. The molecule has 0 aromatic heterocycles. The fourth-order valence-electron chi connectivity index (χ4n) is 2.76. The Morgan fingerprint density at radius 3 is 2.52 bits per heavy atom. The lowest BCUT2D eigenvalue weighted by Gasteiger charge is -2.32. The topological polar surface area (TPSA) is 49.3 Å². The third-order valence-corrected chi connectivity index (χ3v) is 4.76. The van der Waals surface area contributed by atoms with E-state index in [9.17, 15) is 18.0 Å². The van der Waals surface area contributed by atoms with Crippen LogP contribution in [0, 0.1) is 11.3 Å². The third-order valence-electron chi connectivity index (χ3n) is 4.02. The van der Waals surface area contributed by atoms with Crippen LogP contribution in [0.4, 0.5) is 13.2 Å². The highest BCUT2D eigenvalue weighted by Gasteiger charge is 2.66. The molecule has 0 saturated carbocycles. The van der Waals surface area contributed by atoms with E-state index in [1.807, 2.05) is 18.4 Å². The zero-order valence-electron chi connectivity index (χ0n) is 11.4. The maximum Gasteiger partial charge on any atom is 0.406 e. The van der Waals surface area contributed by atoms with Crippen LogP contribution in [0.25, 0.3) is 0 Å². The van der Waals surface area contributed by atoms with Crippen molar-refractivity contribution < 1.29 is 23.1 Å². The molecule has 7 heteroatoms. The molecule has 1 fully saturated rings. The number of carboxylic acids is 1. The summed E-state index contributed by atoms with van der Waals surface area (Å²) >= 11 is 1.54. The second-order valence-corrected chi connectivity index (χ2v) is 6.03. The van der Waals surface area contributed by atoms with Crippen LogP contribution in [0.15, 0.2) is 29.2 Å². The summed E-state index contributed by atoms with van der Waals surface area (Å²) in [5.41, 5.74) is -1.98. The Kier molecular flexibility index (Phi) is 4.53. The van der Waals surface area contributed by atoms with E-state index in [1.54, 1.807) is 23.9 Å². The standard InChI is InChI=1S/C14H16F3NO2S/c1-21-11-4-2-9(3-5-11)6-10-7-18-8-13(10,12(19)20)14(15,16)17/h2-5,10,18H,6-8H2,1H3,(H,19,20)/t10-,13+/m1/s1. The molecule has 21 heavy (non-hydrogen) atoms. The molecule has 0 radical (unpaired) electrons. The smallest absolute Gasteiger partial charge is 0.406 e. The van der Waals surface area contributed by atoms with E-state index in [2.05, 4.69) is 5.32 Å². The van der Waals surface area contributed by atoms with Gasteiger partial charge in [-0.25, -0.2) is 0 Å². The first-order valence-electron chi connectivity index (χ1n) is 6.45. The number of nitrogens with one attached hydrogen (secondary N) is 1. The Morgan fingerprint density at radius 1 is 1.43 bits per heavy atom. The molecule has 3 nitrogen and oxygen atoms in total. The van der Waals surface area contributed by atoms with E-state index in [0.717, 1.165) is 10.5 Å². The van der Waals surface area contributed by atoms with Gasteiger partial charge in [-0.05, 0) is 36.9 Å². The monoisotopic (exact) mass is 319 g/mol. The average Bonchev–Trinajstić information content (AvgIpc) is 2.84. The van der Waals surface area contributed by atoms with Crippen molar-refractivity contribution in [1.29, 1.82) is 0 Å². The number of rotatable bonds is 4. The van der Waals surface area contributed by atoms with E-state index in [4.69, 9.17) is 5.11 Å². The lowest BCUT2D eigenvalue weighted by atomic mass is 9.74. The molecule has 1 aliphatic heterocycles. The third kappa shape index (κ3) is 2.89. The van der Waals surface area contributed by atoms with Gasteiger partial charge in [-0.3, -0.25) is 4.79 Å². The van der Waals surface area contributed by atoms with Crippen LogP contribution in [0.2, 0.25) is 0 Å². The van der Waals surface area contributed by atoms with Gasteiger partial charge in [-0.2, -0.15) is 13.2 Å². The Balaban J connectivity index is 2.26. The summed E-state index contributed by atoms with van der Waals surface area (Å²) in [6.07, 6.45) is -2.77. The van der Waals surface area contributed by atoms with E-state index >= 15 is 0 Å². The molecule has 1 aromatic rings. The van der Waals surface area contributed by atoms with Gasteiger partial charge in [-0.1, -0.05) is 12.1 Å². The predicted octanol–water partition coefficient (Wildman–Crippen LogP) is 2.80. The number of benzene rings is 1. The molecule has 2 N–H and O–H groups in total. The van der Waals surface area contributed by atoms with Crippen molar-refractivity contribution in [3.63, 3.8) is 0 Å². The van der Waals surface area contributed by atoms with Gasteiger partial charge in [-0.15, -0.1) is 11.8 Å². The van der Waals surface area contributed by atoms with Crippen LogP contribution in [0.1, 0.15) is 5.56 Å². The van der Waals surface area contributed by atoms with E-state index in [1.165, 1.54) is 0 Å². The molecule has 1 aromatic carbocycles. The lowest BCUT2D eigenvalue weighted by Crippen LogP contribution is -2.51. The molecule has 1 aliphatic rings. The minimum atomic E-state index is -4.77. The van der Waals surface area contributed by atoms with E-state index < -0.39 is 30.0 Å². The summed E-state index contributed by atoms with van der Waals surface area (Å²) in [5, 5.41) is 11.8. The maximum absolute atomic E-state index is 13.3. The fraction of sp³-hybridized carbons (Fsp3) is 0.500. The normalized spacial score (nSPS) is 26.0. The predicted molar refractivity (Wildman–Crippen MR) is 74.4 cm³/mol. The summed E-state index contributed by atoms with van der Waals surface area (Å²) in [4.78, 5) is 12.3. The van der Waals surface area contributed by atoms with Crippen LogP contribution >= 0.6 is 11.8 Å². The van der Waals surface area contributed by atoms with Crippen LogP contribution in [0.5, 0.6) is 0 Å². The number of halogens is 3. The summed E-state index contributed by atoms with van der Waals surface area (Å²) < 4.78 is 39.9. The number of carbonyl (C=O) groups is 1. The average molecular weight is 319 g/mol. The second kappa shape index (κ2) is 5.88. The van der Waals surface area contributed by atoms with Crippen molar-refractivity contribution in [2.45, 2.75) is 17.5 Å². The summed E-state index contributed by atoms with van der Waals surface area (Å²) in [7, 11) is 0. The van der Waals surface area contributed by atoms with Crippen molar-refractivity contribution in [3.8, 4) is 0 Å². The molecule has 0 aliphatic carbocycles. The quantitative estimate of drug-likeness (QED) is 0.838. The van der Waals surface area contributed by atoms with E-state index in [0.29, 0.717) is 0 Å². The number of alkyl halides is 3. The van der Waals surface area contributed by atoms with Crippen molar-refractivity contribution >= 4 is 17.7 Å². The van der Waals surface area contributed by atoms with Gasteiger partial charge in [0.25, 0.3) is 0 Å². The fourth-order valence-corrected chi connectivity index (χ4v) is 3.17. The molecule has 0 unspecified atom stereocenters. The summed E-state index contributed by atoms with van der Waals surface area (Å²) in [5.74, 6) is -2.80.